The molecule has 0 unspecified atom stereocenters. The van der Waals surface area contributed by atoms with Crippen LogP contribution in [0.5, 0.6) is 0 Å². The molecule has 2 fully saturated rings. The number of anilines is 2. The SMILES string of the molecule is Cc1c(C(=O)N2CCC(C(=O)N3CCN(c4ccccc4)CC3)CC2)oc2cc3sc(N(C)C)nc3cc12. The summed E-state index contributed by atoms with van der Waals surface area (Å²) in [7, 11) is 3.96. The van der Waals surface area contributed by atoms with Crippen LogP contribution in [-0.4, -0.2) is 80.0 Å². The van der Waals surface area contributed by atoms with Crippen LogP contribution in [0.4, 0.5) is 10.8 Å². The number of furan rings is 1. The number of piperazine rings is 1. The molecule has 0 bridgehead atoms. The summed E-state index contributed by atoms with van der Waals surface area (Å²) in [6, 6.07) is 14.4. The number of amides is 2. The Hall–Kier alpha value is -3.59. The van der Waals surface area contributed by atoms with Gasteiger partial charge < -0.3 is 24.0 Å². The van der Waals surface area contributed by atoms with Gasteiger partial charge in [-0.3, -0.25) is 9.59 Å². The zero-order chi connectivity index (χ0) is 26.4. The minimum Gasteiger partial charge on any atom is -0.451 e. The fourth-order valence-corrected chi connectivity index (χ4v) is 6.48. The zero-order valence-corrected chi connectivity index (χ0v) is 23.0. The smallest absolute Gasteiger partial charge is 0.289 e. The van der Waals surface area contributed by atoms with Crippen LogP contribution in [0.1, 0.15) is 29.0 Å². The molecule has 2 aromatic heterocycles. The van der Waals surface area contributed by atoms with Gasteiger partial charge in [-0.2, -0.15) is 0 Å². The number of aryl methyl sites for hydroxylation is 1. The molecular weight excluding hydrogens is 498 g/mol. The highest BCUT2D eigenvalue weighted by atomic mass is 32.1. The van der Waals surface area contributed by atoms with Gasteiger partial charge in [0.15, 0.2) is 10.9 Å². The second-order valence-electron chi connectivity index (χ2n) is 10.5. The van der Waals surface area contributed by atoms with Gasteiger partial charge in [-0.15, -0.1) is 0 Å². The van der Waals surface area contributed by atoms with Gasteiger partial charge in [0.1, 0.15) is 5.58 Å². The Balaban J connectivity index is 1.08. The fraction of sp³-hybridized carbons (Fsp3) is 0.414. The Morgan fingerprint density at radius 1 is 0.974 bits per heavy atom. The van der Waals surface area contributed by atoms with E-state index in [1.54, 1.807) is 11.3 Å². The van der Waals surface area contributed by atoms with Crippen molar-refractivity contribution >= 4 is 55.2 Å². The third kappa shape index (κ3) is 4.49. The number of rotatable bonds is 4. The molecule has 2 aromatic carbocycles. The molecule has 2 aliphatic rings. The van der Waals surface area contributed by atoms with E-state index in [0.717, 1.165) is 52.5 Å². The molecule has 2 amide bonds. The zero-order valence-electron chi connectivity index (χ0n) is 22.1. The second kappa shape index (κ2) is 9.94. The molecule has 0 saturated carbocycles. The lowest BCUT2D eigenvalue weighted by Crippen LogP contribution is -2.52. The number of para-hydroxylation sites is 1. The number of hydrogen-bond acceptors (Lipinski definition) is 7. The van der Waals surface area contributed by atoms with E-state index in [1.165, 1.54) is 5.69 Å². The molecule has 0 radical (unpaired) electrons. The minimum atomic E-state index is -0.0913. The van der Waals surface area contributed by atoms with Crippen LogP contribution in [0, 0.1) is 12.8 Å². The summed E-state index contributed by atoms with van der Waals surface area (Å²) in [5, 5.41) is 1.87. The normalized spacial score (nSPS) is 17.0. The molecule has 2 saturated heterocycles. The number of hydrogen-bond donors (Lipinski definition) is 0. The topological polar surface area (TPSA) is 73.1 Å². The Morgan fingerprint density at radius 2 is 1.68 bits per heavy atom. The van der Waals surface area contributed by atoms with E-state index in [0.29, 0.717) is 37.3 Å². The average molecular weight is 532 g/mol. The summed E-state index contributed by atoms with van der Waals surface area (Å²) in [6.45, 7) is 6.26. The number of aromatic nitrogens is 1. The van der Waals surface area contributed by atoms with Crippen molar-refractivity contribution in [3.05, 3.63) is 53.8 Å². The van der Waals surface area contributed by atoms with Crippen molar-refractivity contribution in [1.29, 1.82) is 0 Å². The predicted octanol–water partition coefficient (Wildman–Crippen LogP) is 4.62. The summed E-state index contributed by atoms with van der Waals surface area (Å²) in [4.78, 5) is 39.5. The van der Waals surface area contributed by atoms with Gasteiger partial charge in [0.2, 0.25) is 5.91 Å². The molecule has 4 aromatic rings. The second-order valence-corrected chi connectivity index (χ2v) is 11.5. The standard InChI is InChI=1S/C29H33N5O3S/c1-19-22-17-23-25(38-29(30-23)31(2)3)18-24(22)37-26(19)28(36)33-11-9-20(10-12-33)27(35)34-15-13-32(14-16-34)21-7-5-4-6-8-21/h4-8,17-18,20H,9-16H2,1-3H3. The minimum absolute atomic E-state index is 0.0251. The van der Waals surface area contributed by atoms with Crippen molar-refractivity contribution in [2.75, 3.05) is 63.2 Å². The molecule has 0 spiro atoms. The van der Waals surface area contributed by atoms with Gasteiger partial charge in [0, 0.05) is 82.0 Å². The number of carbonyl (C=O) groups excluding carboxylic acids is 2. The lowest BCUT2D eigenvalue weighted by atomic mass is 9.94. The molecule has 0 aliphatic carbocycles. The van der Waals surface area contributed by atoms with Gasteiger partial charge in [0.05, 0.1) is 10.2 Å². The maximum Gasteiger partial charge on any atom is 0.289 e. The van der Waals surface area contributed by atoms with E-state index in [4.69, 9.17) is 9.40 Å². The Kier molecular flexibility index (Phi) is 6.47. The van der Waals surface area contributed by atoms with Crippen molar-refractivity contribution < 1.29 is 14.0 Å². The lowest BCUT2D eigenvalue weighted by molar-refractivity contribution is -0.137. The first kappa shape index (κ1) is 24.7. The highest BCUT2D eigenvalue weighted by Gasteiger charge is 2.33. The van der Waals surface area contributed by atoms with E-state index in [9.17, 15) is 9.59 Å². The fourth-order valence-electron chi connectivity index (χ4n) is 5.58. The van der Waals surface area contributed by atoms with Gasteiger partial charge in [-0.1, -0.05) is 29.5 Å². The average Bonchev–Trinajstić information content (AvgIpc) is 3.52. The number of carbonyl (C=O) groups is 2. The number of nitrogens with zero attached hydrogens (tertiary/aromatic N) is 5. The monoisotopic (exact) mass is 531 g/mol. The van der Waals surface area contributed by atoms with Gasteiger partial charge in [-0.05, 0) is 38.0 Å². The highest BCUT2D eigenvalue weighted by molar-refractivity contribution is 7.22. The number of fused-ring (bicyclic) bond motifs is 2. The predicted molar refractivity (Wildman–Crippen MR) is 152 cm³/mol. The summed E-state index contributed by atoms with van der Waals surface area (Å²) < 4.78 is 7.14. The summed E-state index contributed by atoms with van der Waals surface area (Å²) in [5.41, 5.74) is 3.69. The highest BCUT2D eigenvalue weighted by Crippen LogP contribution is 2.35. The van der Waals surface area contributed by atoms with E-state index in [-0.39, 0.29) is 17.7 Å². The van der Waals surface area contributed by atoms with Crippen molar-refractivity contribution in [2.24, 2.45) is 5.92 Å². The largest absolute Gasteiger partial charge is 0.451 e. The molecule has 8 nitrogen and oxygen atoms in total. The number of likely N-dealkylation sites (tertiary alicyclic amines) is 1. The molecular formula is C29H33N5O3S. The lowest BCUT2D eigenvalue weighted by Gasteiger charge is -2.39. The molecule has 4 heterocycles. The van der Waals surface area contributed by atoms with Crippen LogP contribution in [0.15, 0.2) is 46.9 Å². The molecule has 0 atom stereocenters. The number of benzene rings is 2. The van der Waals surface area contributed by atoms with Crippen LogP contribution in [-0.2, 0) is 4.79 Å². The van der Waals surface area contributed by atoms with E-state index in [1.807, 2.05) is 53.9 Å². The third-order valence-electron chi connectivity index (χ3n) is 7.86. The van der Waals surface area contributed by atoms with Crippen molar-refractivity contribution in [1.82, 2.24) is 14.8 Å². The first-order chi connectivity index (χ1) is 18.4. The molecule has 38 heavy (non-hydrogen) atoms. The van der Waals surface area contributed by atoms with Crippen LogP contribution in [0.25, 0.3) is 21.2 Å². The third-order valence-corrected chi connectivity index (χ3v) is 9.04. The molecule has 198 valence electrons. The van der Waals surface area contributed by atoms with Crippen LogP contribution in [0.2, 0.25) is 0 Å². The van der Waals surface area contributed by atoms with Crippen LogP contribution < -0.4 is 9.80 Å². The Bertz CT molecular complexity index is 1480. The molecule has 6 rings (SSSR count). The summed E-state index contributed by atoms with van der Waals surface area (Å²) >= 11 is 1.61. The van der Waals surface area contributed by atoms with E-state index >= 15 is 0 Å². The maximum absolute atomic E-state index is 13.4. The van der Waals surface area contributed by atoms with Gasteiger partial charge in [0.25, 0.3) is 5.91 Å². The molecule has 0 N–H and O–H groups in total. The number of piperidine rings is 1. The maximum atomic E-state index is 13.4. The van der Waals surface area contributed by atoms with Crippen molar-refractivity contribution in [3.8, 4) is 0 Å². The Morgan fingerprint density at radius 3 is 2.37 bits per heavy atom. The Labute approximate surface area is 226 Å². The van der Waals surface area contributed by atoms with Crippen LogP contribution >= 0.6 is 11.3 Å². The quantitative estimate of drug-likeness (QED) is 0.383. The molecule has 9 heteroatoms. The van der Waals surface area contributed by atoms with Crippen molar-refractivity contribution in [3.63, 3.8) is 0 Å². The first-order valence-electron chi connectivity index (χ1n) is 13.3. The summed E-state index contributed by atoms with van der Waals surface area (Å²) in [5.74, 6) is 0.510. The van der Waals surface area contributed by atoms with E-state index in [2.05, 4.69) is 29.2 Å². The van der Waals surface area contributed by atoms with Crippen LogP contribution in [0.3, 0.4) is 0 Å². The molecule has 2 aliphatic heterocycles. The summed E-state index contributed by atoms with van der Waals surface area (Å²) in [6.07, 6.45) is 1.38. The van der Waals surface area contributed by atoms with E-state index < -0.39 is 0 Å². The van der Waals surface area contributed by atoms with Gasteiger partial charge in [-0.25, -0.2) is 4.98 Å². The first-order valence-corrected chi connectivity index (χ1v) is 14.1. The van der Waals surface area contributed by atoms with Crippen molar-refractivity contribution in [2.45, 2.75) is 19.8 Å². The number of thiazole rings is 1. The van der Waals surface area contributed by atoms with Gasteiger partial charge >= 0.3 is 0 Å².